The predicted molar refractivity (Wildman–Crippen MR) is 78.7 cm³/mol. The highest BCUT2D eigenvalue weighted by Crippen LogP contribution is 2.21. The number of unbranched alkanes of at least 4 members (excludes halogenated alkanes) is 1. The third-order valence-electron chi connectivity index (χ3n) is 3.23. The zero-order valence-electron chi connectivity index (χ0n) is 13.2. The van der Waals surface area contributed by atoms with Gasteiger partial charge < -0.3 is 4.90 Å². The van der Waals surface area contributed by atoms with Gasteiger partial charge in [0.15, 0.2) is 0 Å². The second-order valence-corrected chi connectivity index (χ2v) is 6.02. The van der Waals surface area contributed by atoms with Crippen LogP contribution in [0.15, 0.2) is 0 Å². The van der Waals surface area contributed by atoms with Crippen LogP contribution < -0.4 is 0 Å². The molecule has 0 aromatic heterocycles. The molecule has 4 nitrogen and oxygen atoms in total. The maximum Gasteiger partial charge on any atom is 0.236 e. The molecule has 0 aromatic rings. The van der Waals surface area contributed by atoms with E-state index in [2.05, 4.69) is 17.9 Å². The summed E-state index contributed by atoms with van der Waals surface area (Å²) in [6, 6.07) is 2.33. The van der Waals surface area contributed by atoms with Crippen molar-refractivity contribution in [3.8, 4) is 6.07 Å². The molecule has 0 bridgehead atoms. The topological polar surface area (TPSA) is 47.3 Å². The van der Waals surface area contributed by atoms with Gasteiger partial charge in [-0.1, -0.05) is 13.3 Å². The zero-order valence-corrected chi connectivity index (χ0v) is 13.2. The first kappa shape index (κ1) is 17.9. The molecule has 0 saturated carbocycles. The molecule has 0 heterocycles. The van der Waals surface area contributed by atoms with Gasteiger partial charge in [-0.15, -0.1) is 0 Å². The van der Waals surface area contributed by atoms with Crippen LogP contribution in [0.5, 0.6) is 0 Å². The van der Waals surface area contributed by atoms with Crippen molar-refractivity contribution < 1.29 is 4.79 Å². The molecule has 0 rings (SSSR count). The highest BCUT2D eigenvalue weighted by Gasteiger charge is 2.16. The van der Waals surface area contributed by atoms with E-state index >= 15 is 0 Å². The molecule has 1 amide bonds. The summed E-state index contributed by atoms with van der Waals surface area (Å²) >= 11 is 0. The molecule has 0 aliphatic heterocycles. The Bertz CT molecular complexity index is 305. The Morgan fingerprint density at radius 3 is 2.32 bits per heavy atom. The Hall–Kier alpha value is -1.08. The monoisotopic (exact) mass is 267 g/mol. The van der Waals surface area contributed by atoms with Crippen LogP contribution in [0.25, 0.3) is 0 Å². The fraction of sp³-hybridized carbons (Fsp3) is 0.867. The van der Waals surface area contributed by atoms with Crippen molar-refractivity contribution in [1.29, 1.82) is 5.26 Å². The fourth-order valence-corrected chi connectivity index (χ4v) is 1.88. The van der Waals surface area contributed by atoms with Gasteiger partial charge in [-0.2, -0.15) is 5.26 Å². The summed E-state index contributed by atoms with van der Waals surface area (Å²) in [5.74, 6) is 0.158. The van der Waals surface area contributed by atoms with Crippen LogP contribution in [0.3, 0.4) is 0 Å². The van der Waals surface area contributed by atoms with Crippen LogP contribution in [0.4, 0.5) is 0 Å². The van der Waals surface area contributed by atoms with Crippen molar-refractivity contribution in [1.82, 2.24) is 9.80 Å². The first-order valence-electron chi connectivity index (χ1n) is 7.16. The van der Waals surface area contributed by atoms with E-state index in [9.17, 15) is 4.79 Å². The molecular formula is C15H29N3O. The van der Waals surface area contributed by atoms with Gasteiger partial charge in [0.25, 0.3) is 0 Å². The summed E-state index contributed by atoms with van der Waals surface area (Å²) < 4.78 is 0. The zero-order chi connectivity index (χ0) is 14.9. The van der Waals surface area contributed by atoms with Gasteiger partial charge in [0.2, 0.25) is 5.91 Å². The van der Waals surface area contributed by atoms with Crippen molar-refractivity contribution in [2.75, 3.05) is 33.7 Å². The van der Waals surface area contributed by atoms with Crippen molar-refractivity contribution in [2.24, 2.45) is 5.41 Å². The molecule has 0 atom stereocenters. The third-order valence-corrected chi connectivity index (χ3v) is 3.23. The lowest BCUT2D eigenvalue weighted by atomic mass is 9.89. The first-order valence-corrected chi connectivity index (χ1v) is 7.16. The molecule has 0 aliphatic rings. The van der Waals surface area contributed by atoms with Crippen LogP contribution >= 0.6 is 0 Å². The maximum atomic E-state index is 11.7. The number of nitrogens with zero attached hydrogens (tertiary/aromatic N) is 3. The molecule has 0 aliphatic carbocycles. The minimum Gasteiger partial charge on any atom is -0.348 e. The number of hydrogen-bond acceptors (Lipinski definition) is 3. The molecular weight excluding hydrogens is 238 g/mol. The highest BCUT2D eigenvalue weighted by molar-refractivity contribution is 5.77. The first-order chi connectivity index (χ1) is 8.82. The Kier molecular flexibility index (Phi) is 8.42. The lowest BCUT2D eigenvalue weighted by molar-refractivity contribution is -0.129. The van der Waals surface area contributed by atoms with E-state index in [0.717, 1.165) is 38.8 Å². The second-order valence-electron chi connectivity index (χ2n) is 6.02. The number of amides is 1. The van der Waals surface area contributed by atoms with E-state index in [-0.39, 0.29) is 11.3 Å². The molecule has 0 aromatic carbocycles. The Morgan fingerprint density at radius 1 is 1.21 bits per heavy atom. The summed E-state index contributed by atoms with van der Waals surface area (Å²) in [5.41, 5.74) is -0.227. The number of likely N-dealkylation sites (N-methyl/N-ethyl adjacent to an activating group) is 1. The van der Waals surface area contributed by atoms with E-state index in [0.29, 0.717) is 6.54 Å². The van der Waals surface area contributed by atoms with Crippen molar-refractivity contribution >= 4 is 5.91 Å². The van der Waals surface area contributed by atoms with Crippen LogP contribution in [-0.2, 0) is 4.79 Å². The van der Waals surface area contributed by atoms with Gasteiger partial charge in [-0.25, -0.2) is 0 Å². The van der Waals surface area contributed by atoms with Crippen LogP contribution in [0, 0.1) is 16.7 Å². The molecule has 0 N–H and O–H groups in total. The Balaban J connectivity index is 4.02. The molecule has 110 valence electrons. The SMILES string of the molecule is CCCN(CCCCC(C)(C)C#N)CC(=O)N(C)C. The lowest BCUT2D eigenvalue weighted by Gasteiger charge is -2.23. The molecule has 0 saturated heterocycles. The smallest absolute Gasteiger partial charge is 0.236 e. The summed E-state index contributed by atoms with van der Waals surface area (Å²) in [5, 5.41) is 8.96. The van der Waals surface area contributed by atoms with E-state index in [1.165, 1.54) is 0 Å². The molecule has 0 unspecified atom stereocenters. The van der Waals surface area contributed by atoms with Crippen molar-refractivity contribution in [3.05, 3.63) is 0 Å². The minimum absolute atomic E-state index is 0.158. The van der Waals surface area contributed by atoms with Gasteiger partial charge in [-0.3, -0.25) is 9.69 Å². The standard InChI is InChI=1S/C15H29N3O/c1-6-10-18(12-14(19)17(4)5)11-8-7-9-15(2,3)13-16/h6-12H2,1-5H3. The average Bonchev–Trinajstić information content (AvgIpc) is 2.34. The van der Waals surface area contributed by atoms with Gasteiger partial charge in [0, 0.05) is 14.1 Å². The van der Waals surface area contributed by atoms with Gasteiger partial charge >= 0.3 is 0 Å². The van der Waals surface area contributed by atoms with E-state index in [1.54, 1.807) is 19.0 Å². The number of carbonyl (C=O) groups is 1. The Labute approximate surface area is 118 Å². The summed E-state index contributed by atoms with van der Waals surface area (Å²) in [7, 11) is 3.59. The highest BCUT2D eigenvalue weighted by atomic mass is 16.2. The average molecular weight is 267 g/mol. The molecule has 0 radical (unpaired) electrons. The normalized spacial score (nSPS) is 11.4. The largest absolute Gasteiger partial charge is 0.348 e. The van der Waals surface area contributed by atoms with Gasteiger partial charge in [0.05, 0.1) is 18.0 Å². The molecule has 4 heteroatoms. The third kappa shape index (κ3) is 8.61. The maximum absolute atomic E-state index is 11.7. The van der Waals surface area contributed by atoms with Gasteiger partial charge in [0.1, 0.15) is 0 Å². The summed E-state index contributed by atoms with van der Waals surface area (Å²) in [4.78, 5) is 15.6. The number of nitriles is 1. The number of carbonyl (C=O) groups excluding carboxylic acids is 1. The predicted octanol–water partition coefficient (Wildman–Crippen LogP) is 2.51. The van der Waals surface area contributed by atoms with E-state index in [4.69, 9.17) is 5.26 Å². The molecule has 0 fully saturated rings. The van der Waals surface area contributed by atoms with Crippen molar-refractivity contribution in [3.63, 3.8) is 0 Å². The van der Waals surface area contributed by atoms with E-state index in [1.807, 2.05) is 13.8 Å². The van der Waals surface area contributed by atoms with Gasteiger partial charge in [-0.05, 0) is 46.2 Å². The lowest BCUT2D eigenvalue weighted by Crippen LogP contribution is -2.37. The quantitative estimate of drug-likeness (QED) is 0.603. The Morgan fingerprint density at radius 2 is 1.84 bits per heavy atom. The number of hydrogen-bond donors (Lipinski definition) is 0. The van der Waals surface area contributed by atoms with Crippen LogP contribution in [0.1, 0.15) is 46.5 Å². The van der Waals surface area contributed by atoms with Crippen molar-refractivity contribution in [2.45, 2.75) is 46.5 Å². The summed E-state index contributed by atoms with van der Waals surface area (Å²) in [6.07, 6.45) is 4.07. The number of rotatable bonds is 9. The summed E-state index contributed by atoms with van der Waals surface area (Å²) in [6.45, 7) is 8.49. The van der Waals surface area contributed by atoms with Crippen LogP contribution in [-0.4, -0.2) is 49.4 Å². The second kappa shape index (κ2) is 8.92. The van der Waals surface area contributed by atoms with Crippen LogP contribution in [0.2, 0.25) is 0 Å². The minimum atomic E-state index is -0.227. The van der Waals surface area contributed by atoms with E-state index < -0.39 is 0 Å². The fourth-order valence-electron chi connectivity index (χ4n) is 1.88. The molecule has 19 heavy (non-hydrogen) atoms. The molecule has 0 spiro atoms.